The number of aliphatic hydroxyl groups excluding tert-OH is 3. The van der Waals surface area contributed by atoms with Crippen LogP contribution >= 0.6 is 11.6 Å². The van der Waals surface area contributed by atoms with Crippen molar-refractivity contribution in [2.24, 2.45) is 5.92 Å². The molecular formula is C22H21ClN2O5. The maximum absolute atomic E-state index is 11.0. The molecule has 30 heavy (non-hydrogen) atoms. The van der Waals surface area contributed by atoms with Gasteiger partial charge in [0.25, 0.3) is 0 Å². The Morgan fingerprint density at radius 1 is 1.20 bits per heavy atom. The summed E-state index contributed by atoms with van der Waals surface area (Å²) in [6.07, 6.45) is -0.316. The number of aromatic nitrogens is 2. The summed E-state index contributed by atoms with van der Waals surface area (Å²) in [5.74, 6) is 11.4. The van der Waals surface area contributed by atoms with E-state index < -0.39 is 36.6 Å². The molecule has 5 atom stereocenters. The molecule has 156 valence electrons. The van der Waals surface area contributed by atoms with Gasteiger partial charge in [-0.3, -0.25) is 0 Å². The van der Waals surface area contributed by atoms with E-state index in [0.29, 0.717) is 10.6 Å². The summed E-state index contributed by atoms with van der Waals surface area (Å²) in [5, 5.41) is 46.0. The molecule has 1 aliphatic carbocycles. The normalized spacial score (nSPS) is 30.7. The second-order valence-corrected chi connectivity index (χ2v) is 7.90. The number of ether oxygens (including phenoxy) is 1. The number of rotatable bonds is 2. The smallest absolute Gasteiger partial charge is 0.191 e. The van der Waals surface area contributed by atoms with Gasteiger partial charge in [-0.05, 0) is 37.1 Å². The molecule has 7 nitrogen and oxygen atoms in total. The summed E-state index contributed by atoms with van der Waals surface area (Å²) in [5.41, 5.74) is -0.730. The first-order chi connectivity index (χ1) is 14.4. The highest BCUT2D eigenvalue weighted by atomic mass is 35.5. The predicted octanol–water partition coefficient (Wildman–Crippen LogP) is 0.503. The van der Waals surface area contributed by atoms with Crippen molar-refractivity contribution in [1.82, 2.24) is 9.78 Å². The lowest BCUT2D eigenvalue weighted by Crippen LogP contribution is -2.65. The van der Waals surface area contributed by atoms with Crippen molar-refractivity contribution in [2.75, 3.05) is 6.61 Å². The monoisotopic (exact) mass is 428 g/mol. The highest BCUT2D eigenvalue weighted by Crippen LogP contribution is 2.32. The lowest BCUT2D eigenvalue weighted by atomic mass is 9.82. The van der Waals surface area contributed by atoms with Crippen LogP contribution in [-0.4, -0.2) is 66.8 Å². The van der Waals surface area contributed by atoms with E-state index in [1.807, 2.05) is 12.1 Å². The average Bonchev–Trinajstić information content (AvgIpc) is 3.47. The van der Waals surface area contributed by atoms with Crippen LogP contribution < -0.4 is 0 Å². The van der Waals surface area contributed by atoms with Crippen molar-refractivity contribution in [3.63, 3.8) is 0 Å². The predicted molar refractivity (Wildman–Crippen MR) is 109 cm³/mol. The zero-order valence-electron chi connectivity index (χ0n) is 15.9. The van der Waals surface area contributed by atoms with Gasteiger partial charge in [-0.15, -0.1) is 0 Å². The summed E-state index contributed by atoms with van der Waals surface area (Å²) >= 11 is 5.90. The summed E-state index contributed by atoms with van der Waals surface area (Å²) in [4.78, 5) is 0. The van der Waals surface area contributed by atoms with E-state index in [1.54, 1.807) is 29.2 Å². The van der Waals surface area contributed by atoms with E-state index in [4.69, 9.17) is 16.3 Å². The van der Waals surface area contributed by atoms with Crippen LogP contribution in [0.2, 0.25) is 5.02 Å². The SMILES string of the molecule is OC[C@H]1O[C@H](C#Cc2cnn(-c3ccc(Cl)cc3)c2)[C@](O)(C#CC2CC2)[C@@H](O)[C@@H]1O. The fraction of sp³-hybridized carbons (Fsp3) is 0.409. The lowest BCUT2D eigenvalue weighted by Gasteiger charge is -2.43. The molecule has 1 aliphatic heterocycles. The van der Waals surface area contributed by atoms with Gasteiger partial charge >= 0.3 is 0 Å². The molecule has 0 unspecified atom stereocenters. The number of aliphatic hydroxyl groups is 4. The van der Waals surface area contributed by atoms with E-state index in [9.17, 15) is 20.4 Å². The molecule has 2 fully saturated rings. The Labute approximate surface area is 178 Å². The Kier molecular flexibility index (Phi) is 5.86. The van der Waals surface area contributed by atoms with E-state index in [-0.39, 0.29) is 5.92 Å². The van der Waals surface area contributed by atoms with Crippen molar-refractivity contribution in [3.05, 3.63) is 47.2 Å². The maximum Gasteiger partial charge on any atom is 0.191 e. The van der Waals surface area contributed by atoms with Gasteiger partial charge in [-0.2, -0.15) is 5.10 Å². The van der Waals surface area contributed by atoms with Gasteiger partial charge in [0.2, 0.25) is 0 Å². The fourth-order valence-corrected chi connectivity index (χ4v) is 3.25. The second kappa shape index (κ2) is 8.41. The highest BCUT2D eigenvalue weighted by molar-refractivity contribution is 6.30. The quantitative estimate of drug-likeness (QED) is 0.519. The zero-order chi connectivity index (χ0) is 21.3. The van der Waals surface area contributed by atoms with Crippen molar-refractivity contribution in [1.29, 1.82) is 0 Å². The van der Waals surface area contributed by atoms with Crippen LogP contribution in [0, 0.1) is 29.6 Å². The molecule has 1 saturated carbocycles. The minimum Gasteiger partial charge on any atom is -0.394 e. The van der Waals surface area contributed by atoms with Crippen LogP contribution in [0.4, 0.5) is 0 Å². The lowest BCUT2D eigenvalue weighted by molar-refractivity contribution is -0.239. The van der Waals surface area contributed by atoms with Gasteiger partial charge in [0.05, 0.1) is 24.1 Å². The molecule has 2 aromatic rings. The van der Waals surface area contributed by atoms with Crippen LogP contribution in [0.5, 0.6) is 0 Å². The Hall–Kier alpha value is -2.36. The Morgan fingerprint density at radius 2 is 1.93 bits per heavy atom. The van der Waals surface area contributed by atoms with E-state index >= 15 is 0 Å². The first kappa shape index (κ1) is 20.9. The molecule has 0 spiro atoms. The molecule has 8 heteroatoms. The Balaban J connectivity index is 1.61. The third-order valence-corrected chi connectivity index (χ3v) is 5.37. The molecule has 0 radical (unpaired) electrons. The summed E-state index contributed by atoms with van der Waals surface area (Å²) in [6, 6.07) is 7.12. The van der Waals surface area contributed by atoms with Crippen LogP contribution in [0.15, 0.2) is 36.7 Å². The Bertz CT molecular complexity index is 1030. The molecule has 4 rings (SSSR count). The first-order valence-electron chi connectivity index (χ1n) is 9.60. The molecule has 0 amide bonds. The molecule has 1 aromatic heterocycles. The summed E-state index contributed by atoms with van der Waals surface area (Å²) in [6.45, 7) is -0.531. The maximum atomic E-state index is 11.0. The molecular weight excluding hydrogens is 408 g/mol. The minimum absolute atomic E-state index is 0.167. The third kappa shape index (κ3) is 4.23. The highest BCUT2D eigenvalue weighted by Gasteiger charge is 2.53. The van der Waals surface area contributed by atoms with Crippen molar-refractivity contribution >= 4 is 11.6 Å². The molecule has 1 aromatic carbocycles. The van der Waals surface area contributed by atoms with Crippen LogP contribution in [-0.2, 0) is 4.74 Å². The van der Waals surface area contributed by atoms with E-state index in [2.05, 4.69) is 28.8 Å². The van der Waals surface area contributed by atoms with Gasteiger partial charge in [0.1, 0.15) is 18.3 Å². The van der Waals surface area contributed by atoms with Crippen LogP contribution in [0.3, 0.4) is 0 Å². The van der Waals surface area contributed by atoms with E-state index in [0.717, 1.165) is 18.5 Å². The number of hydrogen-bond acceptors (Lipinski definition) is 6. The second-order valence-electron chi connectivity index (χ2n) is 7.46. The topological polar surface area (TPSA) is 108 Å². The molecule has 0 bridgehead atoms. The molecule has 2 heterocycles. The van der Waals surface area contributed by atoms with Crippen LogP contribution in [0.25, 0.3) is 5.69 Å². The number of benzene rings is 1. The van der Waals surface area contributed by atoms with Gasteiger partial charge in [0.15, 0.2) is 11.7 Å². The summed E-state index contributed by atoms with van der Waals surface area (Å²) < 4.78 is 7.21. The van der Waals surface area contributed by atoms with Crippen molar-refractivity contribution in [2.45, 2.75) is 42.9 Å². The van der Waals surface area contributed by atoms with Gasteiger partial charge in [-0.25, -0.2) is 4.68 Å². The van der Waals surface area contributed by atoms with Gasteiger partial charge in [0, 0.05) is 17.1 Å². The third-order valence-electron chi connectivity index (χ3n) is 5.12. The largest absolute Gasteiger partial charge is 0.394 e. The molecule has 4 N–H and O–H groups in total. The first-order valence-corrected chi connectivity index (χ1v) is 9.98. The fourth-order valence-electron chi connectivity index (χ4n) is 3.13. The molecule has 1 saturated heterocycles. The van der Waals surface area contributed by atoms with Crippen LogP contribution in [0.1, 0.15) is 18.4 Å². The number of halogens is 1. The average molecular weight is 429 g/mol. The molecule has 2 aliphatic rings. The number of hydrogen-bond donors (Lipinski definition) is 4. The summed E-state index contributed by atoms with van der Waals surface area (Å²) in [7, 11) is 0. The van der Waals surface area contributed by atoms with Gasteiger partial charge < -0.3 is 25.2 Å². The van der Waals surface area contributed by atoms with Crippen molar-refractivity contribution < 1.29 is 25.2 Å². The standard InChI is InChI=1S/C22H21ClN2O5/c23-16-4-6-17(7-5-16)25-12-15(11-24-25)3-8-19-22(29,10-9-14-1-2-14)21(28)20(27)18(13-26)30-19/h4-7,11-12,14,18-21,26-29H,1-2,13H2/t18-,19-,20-,21+,22-/m1/s1. The Morgan fingerprint density at radius 3 is 2.60 bits per heavy atom. The zero-order valence-corrected chi connectivity index (χ0v) is 16.7. The minimum atomic E-state index is -2.08. The van der Waals surface area contributed by atoms with E-state index in [1.165, 1.54) is 0 Å². The van der Waals surface area contributed by atoms with Crippen molar-refractivity contribution in [3.8, 4) is 29.4 Å². The van der Waals surface area contributed by atoms with Gasteiger partial charge in [-0.1, -0.05) is 35.3 Å². The number of nitrogens with zero attached hydrogens (tertiary/aromatic N) is 2.